The first-order valence-electron chi connectivity index (χ1n) is 9.55. The second-order valence-corrected chi connectivity index (χ2v) is 7.47. The predicted octanol–water partition coefficient (Wildman–Crippen LogP) is 4.79. The van der Waals surface area contributed by atoms with Crippen molar-refractivity contribution in [3.05, 3.63) is 86.9 Å². The number of nitrogens with one attached hydrogen (secondary N) is 1. The molecule has 0 saturated heterocycles. The Morgan fingerprint density at radius 3 is 2.61 bits per heavy atom. The van der Waals surface area contributed by atoms with Crippen molar-refractivity contribution in [3.8, 4) is 11.5 Å². The molecule has 1 atom stereocenters. The minimum absolute atomic E-state index is 0.0298. The number of nitro groups is 1. The molecule has 9 heteroatoms. The van der Waals surface area contributed by atoms with Gasteiger partial charge in [0.1, 0.15) is 24.4 Å². The number of carbonyl (C=O) groups excluding carboxylic acids is 1. The van der Waals surface area contributed by atoms with Crippen LogP contribution in [0.3, 0.4) is 0 Å². The van der Waals surface area contributed by atoms with Gasteiger partial charge in [0, 0.05) is 23.4 Å². The van der Waals surface area contributed by atoms with E-state index in [0.29, 0.717) is 47.2 Å². The lowest BCUT2D eigenvalue weighted by Crippen LogP contribution is -2.43. The Hall–Kier alpha value is -3.78. The molecule has 0 spiro atoms. The maximum atomic E-state index is 13.5. The summed E-state index contributed by atoms with van der Waals surface area (Å²) in [6, 6.07) is 16.9. The van der Waals surface area contributed by atoms with Crippen LogP contribution in [-0.2, 0) is 0 Å². The molecular formula is C22H16ClN3O5. The summed E-state index contributed by atoms with van der Waals surface area (Å²) < 4.78 is 11.3. The van der Waals surface area contributed by atoms with Crippen molar-refractivity contribution >= 4 is 34.6 Å². The number of halogens is 1. The van der Waals surface area contributed by atoms with Crippen LogP contribution in [0.2, 0.25) is 5.02 Å². The van der Waals surface area contributed by atoms with Crippen molar-refractivity contribution in [1.29, 1.82) is 0 Å². The lowest BCUT2D eigenvalue weighted by molar-refractivity contribution is -0.384. The Balaban J connectivity index is 1.65. The summed E-state index contributed by atoms with van der Waals surface area (Å²) in [5.41, 5.74) is 2.00. The first kappa shape index (κ1) is 19.2. The highest BCUT2D eigenvalue weighted by Crippen LogP contribution is 2.41. The van der Waals surface area contributed by atoms with Crippen LogP contribution in [0.4, 0.5) is 17.1 Å². The molecule has 2 heterocycles. The molecule has 0 radical (unpaired) electrons. The SMILES string of the molecule is O=C1c2ccccc2NC(c2ccc(Cl)c([N+](=O)[O-])c2)N1c1ccc2c(c1)OCCO2. The van der Waals surface area contributed by atoms with Gasteiger partial charge in [-0.05, 0) is 30.3 Å². The highest BCUT2D eigenvalue weighted by molar-refractivity contribution is 6.32. The first-order chi connectivity index (χ1) is 15.0. The Morgan fingerprint density at radius 2 is 1.81 bits per heavy atom. The summed E-state index contributed by atoms with van der Waals surface area (Å²) in [7, 11) is 0. The number of anilines is 2. The molecule has 31 heavy (non-hydrogen) atoms. The van der Waals surface area contributed by atoms with E-state index < -0.39 is 11.1 Å². The Bertz CT molecular complexity index is 1220. The summed E-state index contributed by atoms with van der Waals surface area (Å²) in [6.45, 7) is 0.874. The lowest BCUT2D eigenvalue weighted by Gasteiger charge is -2.38. The number of amides is 1. The molecule has 1 amide bonds. The fourth-order valence-corrected chi connectivity index (χ4v) is 3.96. The van der Waals surface area contributed by atoms with Gasteiger partial charge in [-0.1, -0.05) is 29.8 Å². The molecule has 2 aliphatic heterocycles. The normalized spacial score (nSPS) is 17.0. The van der Waals surface area contributed by atoms with Gasteiger partial charge in [0.05, 0.1) is 16.2 Å². The van der Waals surface area contributed by atoms with E-state index in [1.54, 1.807) is 47.4 Å². The number of ether oxygens (including phenoxy) is 2. The smallest absolute Gasteiger partial charge is 0.288 e. The molecule has 3 aromatic rings. The van der Waals surface area contributed by atoms with Gasteiger partial charge in [-0.3, -0.25) is 19.8 Å². The van der Waals surface area contributed by atoms with Crippen LogP contribution < -0.4 is 19.7 Å². The number of fused-ring (bicyclic) bond motifs is 2. The van der Waals surface area contributed by atoms with E-state index in [9.17, 15) is 14.9 Å². The minimum Gasteiger partial charge on any atom is -0.486 e. The summed E-state index contributed by atoms with van der Waals surface area (Å²) in [5.74, 6) is 0.899. The van der Waals surface area contributed by atoms with E-state index in [4.69, 9.17) is 21.1 Å². The number of rotatable bonds is 3. The largest absolute Gasteiger partial charge is 0.486 e. The first-order valence-corrected chi connectivity index (χ1v) is 9.93. The number of nitro benzene ring substituents is 1. The molecule has 2 aliphatic rings. The molecule has 156 valence electrons. The third-order valence-electron chi connectivity index (χ3n) is 5.21. The highest BCUT2D eigenvalue weighted by Gasteiger charge is 2.35. The molecule has 0 aromatic heterocycles. The summed E-state index contributed by atoms with van der Waals surface area (Å²) in [5, 5.41) is 14.8. The molecule has 0 bridgehead atoms. The van der Waals surface area contributed by atoms with Crippen LogP contribution in [0.5, 0.6) is 11.5 Å². The highest BCUT2D eigenvalue weighted by atomic mass is 35.5. The van der Waals surface area contributed by atoms with Gasteiger partial charge >= 0.3 is 0 Å². The number of nitrogens with zero attached hydrogens (tertiary/aromatic N) is 2. The van der Waals surface area contributed by atoms with Crippen LogP contribution in [-0.4, -0.2) is 24.0 Å². The second-order valence-electron chi connectivity index (χ2n) is 7.06. The zero-order valence-electron chi connectivity index (χ0n) is 16.1. The van der Waals surface area contributed by atoms with Gasteiger partial charge in [0.25, 0.3) is 11.6 Å². The van der Waals surface area contributed by atoms with Crippen LogP contribution in [0.1, 0.15) is 22.1 Å². The maximum absolute atomic E-state index is 13.5. The number of hydrogen-bond donors (Lipinski definition) is 1. The van der Waals surface area contributed by atoms with Crippen molar-refractivity contribution < 1.29 is 19.2 Å². The monoisotopic (exact) mass is 437 g/mol. The average Bonchev–Trinajstić information content (AvgIpc) is 2.79. The van der Waals surface area contributed by atoms with E-state index in [1.165, 1.54) is 12.1 Å². The van der Waals surface area contributed by atoms with Crippen molar-refractivity contribution in [2.45, 2.75) is 6.17 Å². The molecule has 0 fully saturated rings. The molecule has 8 nitrogen and oxygen atoms in total. The van der Waals surface area contributed by atoms with E-state index in [2.05, 4.69) is 5.32 Å². The lowest BCUT2D eigenvalue weighted by atomic mass is 10.0. The van der Waals surface area contributed by atoms with Crippen molar-refractivity contribution in [1.82, 2.24) is 0 Å². The molecular weight excluding hydrogens is 422 g/mol. The third kappa shape index (κ3) is 3.30. The Labute approximate surface area is 182 Å². The van der Waals surface area contributed by atoms with Crippen LogP contribution >= 0.6 is 11.6 Å². The van der Waals surface area contributed by atoms with E-state index in [0.717, 1.165) is 0 Å². The van der Waals surface area contributed by atoms with Gasteiger partial charge in [-0.2, -0.15) is 0 Å². The minimum atomic E-state index is -0.694. The molecule has 1 unspecified atom stereocenters. The number of para-hydroxylation sites is 1. The van der Waals surface area contributed by atoms with Crippen LogP contribution in [0, 0.1) is 10.1 Å². The zero-order chi connectivity index (χ0) is 21.5. The fourth-order valence-electron chi connectivity index (χ4n) is 3.77. The van der Waals surface area contributed by atoms with Gasteiger partial charge < -0.3 is 14.8 Å². The standard InChI is InChI=1S/C22H16ClN3O5/c23-16-7-5-13(11-18(16)26(28)29)21-24-17-4-2-1-3-15(17)22(27)25(21)14-6-8-19-20(12-14)31-10-9-30-19/h1-8,11-12,21,24H,9-10H2. The fraction of sp³-hybridized carbons (Fsp3) is 0.136. The number of carbonyl (C=O) groups is 1. The van der Waals surface area contributed by atoms with Crippen LogP contribution in [0.15, 0.2) is 60.7 Å². The quantitative estimate of drug-likeness (QED) is 0.467. The molecule has 5 rings (SSSR count). The topological polar surface area (TPSA) is 93.9 Å². The Morgan fingerprint density at radius 1 is 1.03 bits per heavy atom. The second kappa shape index (κ2) is 7.48. The summed E-state index contributed by atoms with van der Waals surface area (Å²) in [4.78, 5) is 25.9. The third-order valence-corrected chi connectivity index (χ3v) is 5.53. The van der Waals surface area contributed by atoms with E-state index in [1.807, 2.05) is 6.07 Å². The van der Waals surface area contributed by atoms with Gasteiger partial charge in [0.15, 0.2) is 11.5 Å². The Kier molecular flexibility index (Phi) is 4.63. The van der Waals surface area contributed by atoms with E-state index in [-0.39, 0.29) is 16.6 Å². The number of benzene rings is 3. The van der Waals surface area contributed by atoms with Crippen molar-refractivity contribution in [2.24, 2.45) is 0 Å². The van der Waals surface area contributed by atoms with Gasteiger partial charge in [0.2, 0.25) is 0 Å². The molecule has 0 aliphatic carbocycles. The van der Waals surface area contributed by atoms with Crippen LogP contribution in [0.25, 0.3) is 0 Å². The summed E-state index contributed by atoms with van der Waals surface area (Å²) >= 11 is 6.00. The van der Waals surface area contributed by atoms with E-state index >= 15 is 0 Å². The maximum Gasteiger partial charge on any atom is 0.288 e. The zero-order valence-corrected chi connectivity index (χ0v) is 16.8. The van der Waals surface area contributed by atoms with Gasteiger partial charge in [-0.15, -0.1) is 0 Å². The average molecular weight is 438 g/mol. The van der Waals surface area contributed by atoms with Gasteiger partial charge in [-0.25, -0.2) is 0 Å². The molecule has 1 N–H and O–H groups in total. The molecule has 3 aromatic carbocycles. The predicted molar refractivity (Wildman–Crippen MR) is 115 cm³/mol. The number of hydrogen-bond acceptors (Lipinski definition) is 6. The van der Waals surface area contributed by atoms with Crippen molar-refractivity contribution in [3.63, 3.8) is 0 Å². The molecule has 0 saturated carbocycles. The van der Waals surface area contributed by atoms with Crippen molar-refractivity contribution in [2.75, 3.05) is 23.4 Å². The summed E-state index contributed by atoms with van der Waals surface area (Å²) in [6.07, 6.45) is -0.694.